The Hall–Kier alpha value is -1.46. The summed E-state index contributed by atoms with van der Waals surface area (Å²) >= 11 is 0. The Morgan fingerprint density at radius 3 is 2.21 bits per heavy atom. The van der Waals surface area contributed by atoms with E-state index in [2.05, 4.69) is 11.0 Å². The third-order valence-corrected chi connectivity index (χ3v) is 4.27. The lowest BCUT2D eigenvalue weighted by atomic mass is 10.1. The molecular formula is C12H16N4O2S. The zero-order valence-corrected chi connectivity index (χ0v) is 11.3. The van der Waals surface area contributed by atoms with E-state index in [4.69, 9.17) is 10.4 Å². The molecule has 0 saturated carbocycles. The van der Waals surface area contributed by atoms with Crippen LogP contribution in [-0.2, 0) is 16.8 Å². The standard InChI is InChI=1S/C12H16N4O2S/c13-9-11-1-3-12(4-2-11)10-15-5-7-16(8-6-15)19(14,17)18/h1-4H,5-8,10H2,(H2,14,17,18). The van der Waals surface area contributed by atoms with Gasteiger partial charge in [-0.05, 0) is 17.7 Å². The molecule has 0 radical (unpaired) electrons. The minimum atomic E-state index is -3.56. The first-order valence-corrected chi connectivity index (χ1v) is 7.48. The molecule has 1 aliphatic heterocycles. The van der Waals surface area contributed by atoms with Crippen LogP contribution >= 0.6 is 0 Å². The number of benzene rings is 1. The lowest BCUT2D eigenvalue weighted by molar-refractivity contribution is 0.181. The molecule has 0 unspecified atom stereocenters. The molecule has 1 heterocycles. The van der Waals surface area contributed by atoms with Crippen LogP contribution in [0, 0.1) is 11.3 Å². The summed E-state index contributed by atoms with van der Waals surface area (Å²) in [6.07, 6.45) is 0. The monoisotopic (exact) mass is 280 g/mol. The number of hydrogen-bond acceptors (Lipinski definition) is 4. The van der Waals surface area contributed by atoms with E-state index < -0.39 is 10.2 Å². The highest BCUT2D eigenvalue weighted by molar-refractivity contribution is 7.86. The molecule has 1 fully saturated rings. The normalized spacial score (nSPS) is 18.1. The van der Waals surface area contributed by atoms with Gasteiger partial charge in [-0.1, -0.05) is 12.1 Å². The Labute approximate surface area is 113 Å². The zero-order valence-electron chi connectivity index (χ0n) is 10.5. The number of piperazine rings is 1. The SMILES string of the molecule is N#Cc1ccc(CN2CCN(S(N)(=O)=O)CC2)cc1. The van der Waals surface area contributed by atoms with Crippen LogP contribution in [0.3, 0.4) is 0 Å². The summed E-state index contributed by atoms with van der Waals surface area (Å²) in [4.78, 5) is 2.17. The van der Waals surface area contributed by atoms with Crippen LogP contribution in [0.4, 0.5) is 0 Å². The van der Waals surface area contributed by atoms with E-state index in [-0.39, 0.29) is 0 Å². The van der Waals surface area contributed by atoms with Crippen molar-refractivity contribution in [2.24, 2.45) is 5.14 Å². The third kappa shape index (κ3) is 3.75. The summed E-state index contributed by atoms with van der Waals surface area (Å²) in [5, 5.41) is 13.8. The largest absolute Gasteiger partial charge is 0.296 e. The molecule has 0 atom stereocenters. The molecule has 1 aromatic carbocycles. The van der Waals surface area contributed by atoms with Gasteiger partial charge in [0.2, 0.25) is 0 Å². The Bertz CT molecular complexity index is 569. The van der Waals surface area contributed by atoms with Crippen molar-refractivity contribution < 1.29 is 8.42 Å². The van der Waals surface area contributed by atoms with Gasteiger partial charge >= 0.3 is 0 Å². The second kappa shape index (κ2) is 5.67. The minimum Gasteiger partial charge on any atom is -0.296 e. The second-order valence-corrected chi connectivity index (χ2v) is 6.08. The first-order chi connectivity index (χ1) is 8.99. The Morgan fingerprint density at radius 2 is 1.74 bits per heavy atom. The Morgan fingerprint density at radius 1 is 1.16 bits per heavy atom. The van der Waals surface area contributed by atoms with Gasteiger partial charge in [0.05, 0.1) is 11.6 Å². The van der Waals surface area contributed by atoms with E-state index >= 15 is 0 Å². The van der Waals surface area contributed by atoms with Gasteiger partial charge in [0.1, 0.15) is 0 Å². The molecule has 0 spiro atoms. The smallest absolute Gasteiger partial charge is 0.276 e. The number of rotatable bonds is 3. The van der Waals surface area contributed by atoms with Gasteiger partial charge in [0.15, 0.2) is 0 Å². The van der Waals surface area contributed by atoms with Crippen LogP contribution in [0.5, 0.6) is 0 Å². The van der Waals surface area contributed by atoms with Crippen molar-refractivity contribution in [2.45, 2.75) is 6.54 Å². The third-order valence-electron chi connectivity index (χ3n) is 3.18. The van der Waals surface area contributed by atoms with Crippen LogP contribution in [0.25, 0.3) is 0 Å². The average Bonchev–Trinajstić information content (AvgIpc) is 2.39. The second-order valence-electron chi connectivity index (χ2n) is 4.53. The van der Waals surface area contributed by atoms with Crippen molar-refractivity contribution in [3.05, 3.63) is 35.4 Å². The van der Waals surface area contributed by atoms with Gasteiger partial charge in [0.25, 0.3) is 10.2 Å². The maximum Gasteiger partial charge on any atom is 0.276 e. The number of nitrogens with zero attached hydrogens (tertiary/aromatic N) is 3. The minimum absolute atomic E-state index is 0.426. The number of nitriles is 1. The highest BCUT2D eigenvalue weighted by Gasteiger charge is 2.23. The lowest BCUT2D eigenvalue weighted by Crippen LogP contribution is -2.50. The summed E-state index contributed by atoms with van der Waals surface area (Å²) in [6.45, 7) is 2.93. The average molecular weight is 280 g/mol. The molecule has 0 bridgehead atoms. The van der Waals surface area contributed by atoms with Gasteiger partial charge in [-0.2, -0.15) is 18.0 Å². The fourth-order valence-electron chi connectivity index (χ4n) is 2.09. The van der Waals surface area contributed by atoms with Crippen molar-refractivity contribution in [1.82, 2.24) is 9.21 Å². The van der Waals surface area contributed by atoms with Crippen LogP contribution in [0.15, 0.2) is 24.3 Å². The zero-order chi connectivity index (χ0) is 13.9. The highest BCUT2D eigenvalue weighted by atomic mass is 32.2. The summed E-state index contributed by atoms with van der Waals surface area (Å²) in [5.41, 5.74) is 1.76. The molecule has 19 heavy (non-hydrogen) atoms. The topological polar surface area (TPSA) is 90.4 Å². The van der Waals surface area contributed by atoms with Crippen molar-refractivity contribution in [3.63, 3.8) is 0 Å². The molecule has 1 saturated heterocycles. The maximum absolute atomic E-state index is 11.2. The summed E-state index contributed by atoms with van der Waals surface area (Å²) < 4.78 is 23.6. The Kier molecular flexibility index (Phi) is 4.17. The van der Waals surface area contributed by atoms with Crippen LogP contribution in [0.2, 0.25) is 0 Å². The van der Waals surface area contributed by atoms with E-state index in [0.717, 1.165) is 12.1 Å². The molecule has 2 rings (SSSR count). The molecule has 7 heteroatoms. The molecule has 0 aliphatic carbocycles. The lowest BCUT2D eigenvalue weighted by Gasteiger charge is -2.32. The van der Waals surface area contributed by atoms with Crippen molar-refractivity contribution in [1.29, 1.82) is 5.26 Å². The quantitative estimate of drug-likeness (QED) is 0.835. The van der Waals surface area contributed by atoms with E-state index in [9.17, 15) is 8.42 Å². The van der Waals surface area contributed by atoms with Crippen LogP contribution in [0.1, 0.15) is 11.1 Å². The molecular weight excluding hydrogens is 264 g/mol. The summed E-state index contributed by atoms with van der Waals surface area (Å²) in [7, 11) is -3.56. The van der Waals surface area contributed by atoms with E-state index in [1.165, 1.54) is 4.31 Å². The van der Waals surface area contributed by atoms with Gasteiger partial charge in [0, 0.05) is 32.7 Å². The fraction of sp³-hybridized carbons (Fsp3) is 0.417. The molecule has 1 aromatic rings. The molecule has 0 aromatic heterocycles. The predicted molar refractivity (Wildman–Crippen MR) is 71.1 cm³/mol. The van der Waals surface area contributed by atoms with Gasteiger partial charge < -0.3 is 0 Å². The van der Waals surface area contributed by atoms with Gasteiger partial charge in [-0.15, -0.1) is 0 Å². The van der Waals surface area contributed by atoms with Crippen molar-refractivity contribution >= 4 is 10.2 Å². The highest BCUT2D eigenvalue weighted by Crippen LogP contribution is 2.10. The summed E-state index contributed by atoms with van der Waals surface area (Å²) in [5.74, 6) is 0. The first-order valence-electron chi connectivity index (χ1n) is 5.98. The summed E-state index contributed by atoms with van der Waals surface area (Å²) in [6, 6.07) is 9.50. The molecule has 6 nitrogen and oxygen atoms in total. The molecule has 102 valence electrons. The molecule has 2 N–H and O–H groups in total. The van der Waals surface area contributed by atoms with E-state index in [1.54, 1.807) is 12.1 Å². The van der Waals surface area contributed by atoms with E-state index in [0.29, 0.717) is 31.7 Å². The fourth-order valence-corrected chi connectivity index (χ4v) is 2.76. The first kappa shape index (κ1) is 14.0. The molecule has 1 aliphatic rings. The number of hydrogen-bond donors (Lipinski definition) is 1. The van der Waals surface area contributed by atoms with Gasteiger partial charge in [-0.3, -0.25) is 4.90 Å². The van der Waals surface area contributed by atoms with Gasteiger partial charge in [-0.25, -0.2) is 5.14 Å². The Balaban J connectivity index is 1.90. The predicted octanol–water partition coefficient (Wildman–Crippen LogP) is -0.121. The van der Waals surface area contributed by atoms with Crippen molar-refractivity contribution in [3.8, 4) is 6.07 Å². The maximum atomic E-state index is 11.2. The van der Waals surface area contributed by atoms with Crippen LogP contribution in [-0.4, -0.2) is 43.8 Å². The molecule has 0 amide bonds. The number of nitrogens with two attached hydrogens (primary N) is 1. The van der Waals surface area contributed by atoms with Crippen LogP contribution < -0.4 is 5.14 Å². The van der Waals surface area contributed by atoms with Crippen molar-refractivity contribution in [2.75, 3.05) is 26.2 Å². The van der Waals surface area contributed by atoms with E-state index in [1.807, 2.05) is 12.1 Å².